The highest BCUT2D eigenvalue weighted by atomic mass is 16.5. The van der Waals surface area contributed by atoms with Crippen molar-refractivity contribution >= 4 is 11.4 Å². The van der Waals surface area contributed by atoms with Gasteiger partial charge in [-0.15, -0.1) is 0 Å². The molecule has 1 aromatic carbocycles. The lowest BCUT2D eigenvalue weighted by Gasteiger charge is -2.29. The standard InChI is InChI=1S/C15H26N2O/c1-15(2,3)11-9-14(18-8)13(17(6)7)10-12(11)16(4)5/h9-10H,1-8H3. The number of rotatable bonds is 3. The van der Waals surface area contributed by atoms with Crippen LogP contribution in [0.1, 0.15) is 26.3 Å². The fourth-order valence-corrected chi connectivity index (χ4v) is 2.04. The zero-order valence-corrected chi connectivity index (χ0v) is 13.0. The van der Waals surface area contributed by atoms with Gasteiger partial charge in [0.15, 0.2) is 0 Å². The Labute approximate surface area is 111 Å². The van der Waals surface area contributed by atoms with Crippen molar-refractivity contribution in [1.82, 2.24) is 0 Å². The molecule has 0 aromatic heterocycles. The van der Waals surface area contributed by atoms with E-state index in [9.17, 15) is 0 Å². The molecule has 0 saturated carbocycles. The van der Waals surface area contributed by atoms with Crippen molar-refractivity contribution in [3.05, 3.63) is 17.7 Å². The van der Waals surface area contributed by atoms with Gasteiger partial charge < -0.3 is 14.5 Å². The Balaban J connectivity index is 3.52. The zero-order chi connectivity index (χ0) is 14.1. The van der Waals surface area contributed by atoms with Gasteiger partial charge in [-0.1, -0.05) is 20.8 Å². The van der Waals surface area contributed by atoms with E-state index in [0.717, 1.165) is 11.4 Å². The molecular weight excluding hydrogens is 224 g/mol. The molecule has 3 nitrogen and oxygen atoms in total. The Kier molecular flexibility index (Phi) is 4.15. The molecule has 0 aliphatic heterocycles. The number of hydrogen-bond donors (Lipinski definition) is 0. The van der Waals surface area contributed by atoms with Crippen molar-refractivity contribution in [2.24, 2.45) is 0 Å². The van der Waals surface area contributed by atoms with E-state index in [1.165, 1.54) is 11.3 Å². The highest BCUT2D eigenvalue weighted by Crippen LogP contribution is 2.39. The first-order chi connectivity index (χ1) is 8.18. The molecule has 1 rings (SSSR count). The molecule has 1 aromatic rings. The second-order valence-electron chi connectivity index (χ2n) is 6.08. The highest BCUT2D eigenvalue weighted by Gasteiger charge is 2.22. The SMILES string of the molecule is COc1cc(C(C)(C)C)c(N(C)C)cc1N(C)C. The molecule has 3 heteroatoms. The van der Waals surface area contributed by atoms with E-state index in [4.69, 9.17) is 4.74 Å². The Morgan fingerprint density at radius 1 is 0.889 bits per heavy atom. The Hall–Kier alpha value is -1.38. The number of benzene rings is 1. The summed E-state index contributed by atoms with van der Waals surface area (Å²) in [5.74, 6) is 0.926. The quantitative estimate of drug-likeness (QED) is 0.819. The second kappa shape index (κ2) is 5.09. The van der Waals surface area contributed by atoms with Crippen LogP contribution in [0.2, 0.25) is 0 Å². The fourth-order valence-electron chi connectivity index (χ4n) is 2.04. The Morgan fingerprint density at radius 2 is 1.39 bits per heavy atom. The van der Waals surface area contributed by atoms with Crippen molar-refractivity contribution in [1.29, 1.82) is 0 Å². The average molecular weight is 250 g/mol. The lowest BCUT2D eigenvalue weighted by molar-refractivity contribution is 0.413. The monoisotopic (exact) mass is 250 g/mol. The minimum absolute atomic E-state index is 0.0950. The maximum atomic E-state index is 5.52. The van der Waals surface area contributed by atoms with E-state index in [1.54, 1.807) is 7.11 Å². The maximum absolute atomic E-state index is 5.52. The molecule has 0 saturated heterocycles. The first-order valence-electron chi connectivity index (χ1n) is 6.25. The van der Waals surface area contributed by atoms with Gasteiger partial charge in [-0.25, -0.2) is 0 Å². The normalized spacial score (nSPS) is 11.3. The molecule has 0 radical (unpaired) electrons. The molecule has 0 aliphatic rings. The first-order valence-corrected chi connectivity index (χ1v) is 6.25. The van der Waals surface area contributed by atoms with Gasteiger partial charge >= 0.3 is 0 Å². The van der Waals surface area contributed by atoms with Gasteiger partial charge in [-0.05, 0) is 23.1 Å². The molecule has 0 amide bonds. The zero-order valence-electron chi connectivity index (χ0n) is 13.0. The Bertz CT molecular complexity index is 417. The topological polar surface area (TPSA) is 15.7 Å². The van der Waals surface area contributed by atoms with Gasteiger partial charge in [0.1, 0.15) is 5.75 Å². The first kappa shape index (κ1) is 14.7. The summed E-state index contributed by atoms with van der Waals surface area (Å²) in [5.41, 5.74) is 3.74. The maximum Gasteiger partial charge on any atom is 0.142 e. The van der Waals surface area contributed by atoms with Crippen LogP contribution in [0.4, 0.5) is 11.4 Å². The van der Waals surface area contributed by atoms with Gasteiger partial charge in [0.2, 0.25) is 0 Å². The number of methoxy groups -OCH3 is 1. The summed E-state index contributed by atoms with van der Waals surface area (Å²) in [5, 5.41) is 0. The van der Waals surface area contributed by atoms with E-state index >= 15 is 0 Å². The molecule has 18 heavy (non-hydrogen) atoms. The van der Waals surface area contributed by atoms with E-state index in [1.807, 2.05) is 14.1 Å². The number of anilines is 2. The lowest BCUT2D eigenvalue weighted by atomic mass is 9.85. The smallest absolute Gasteiger partial charge is 0.142 e. The summed E-state index contributed by atoms with van der Waals surface area (Å²) in [6.45, 7) is 6.68. The van der Waals surface area contributed by atoms with Crippen LogP contribution in [0.25, 0.3) is 0 Å². The molecule has 0 N–H and O–H groups in total. The number of hydrogen-bond acceptors (Lipinski definition) is 3. The Morgan fingerprint density at radius 3 is 1.72 bits per heavy atom. The third-order valence-electron chi connectivity index (χ3n) is 3.07. The molecule has 0 fully saturated rings. The predicted octanol–water partition coefficient (Wildman–Crippen LogP) is 3.12. The van der Waals surface area contributed by atoms with Crippen LogP contribution in [0, 0.1) is 0 Å². The molecular formula is C15H26N2O. The van der Waals surface area contributed by atoms with Gasteiger partial charge in [0.25, 0.3) is 0 Å². The summed E-state index contributed by atoms with van der Waals surface area (Å²) in [6, 6.07) is 4.35. The van der Waals surface area contributed by atoms with Crippen molar-refractivity contribution in [2.75, 3.05) is 45.1 Å². The molecule has 0 spiro atoms. The molecule has 102 valence electrons. The summed E-state index contributed by atoms with van der Waals surface area (Å²) in [6.07, 6.45) is 0. The largest absolute Gasteiger partial charge is 0.495 e. The van der Waals surface area contributed by atoms with E-state index < -0.39 is 0 Å². The lowest BCUT2D eigenvalue weighted by Crippen LogP contribution is -2.21. The minimum Gasteiger partial charge on any atom is -0.495 e. The van der Waals surface area contributed by atoms with Crippen molar-refractivity contribution < 1.29 is 4.74 Å². The van der Waals surface area contributed by atoms with Crippen molar-refractivity contribution in [2.45, 2.75) is 26.2 Å². The van der Waals surface area contributed by atoms with E-state index in [0.29, 0.717) is 0 Å². The van der Waals surface area contributed by atoms with Crippen LogP contribution in [-0.2, 0) is 5.41 Å². The highest BCUT2D eigenvalue weighted by molar-refractivity contribution is 5.71. The summed E-state index contributed by atoms with van der Waals surface area (Å²) in [4.78, 5) is 4.24. The molecule has 0 atom stereocenters. The third kappa shape index (κ3) is 2.89. The van der Waals surface area contributed by atoms with Crippen LogP contribution in [0.15, 0.2) is 12.1 Å². The van der Waals surface area contributed by atoms with E-state index in [2.05, 4.69) is 56.8 Å². The molecule has 0 heterocycles. The fraction of sp³-hybridized carbons (Fsp3) is 0.600. The van der Waals surface area contributed by atoms with Crippen LogP contribution < -0.4 is 14.5 Å². The summed E-state index contributed by atoms with van der Waals surface area (Å²) in [7, 11) is 9.96. The van der Waals surface area contributed by atoms with Crippen molar-refractivity contribution in [3.63, 3.8) is 0 Å². The summed E-state index contributed by atoms with van der Waals surface area (Å²) >= 11 is 0. The summed E-state index contributed by atoms with van der Waals surface area (Å²) < 4.78 is 5.52. The third-order valence-corrected chi connectivity index (χ3v) is 3.07. The minimum atomic E-state index is 0.0950. The van der Waals surface area contributed by atoms with E-state index in [-0.39, 0.29) is 5.41 Å². The number of nitrogens with zero attached hydrogens (tertiary/aromatic N) is 2. The van der Waals surface area contributed by atoms with Gasteiger partial charge in [-0.2, -0.15) is 0 Å². The van der Waals surface area contributed by atoms with Crippen LogP contribution in [0.5, 0.6) is 5.75 Å². The second-order valence-corrected chi connectivity index (χ2v) is 6.08. The van der Waals surface area contributed by atoms with Gasteiger partial charge in [0, 0.05) is 33.9 Å². The van der Waals surface area contributed by atoms with Crippen LogP contribution >= 0.6 is 0 Å². The average Bonchev–Trinajstić information content (AvgIpc) is 2.25. The molecule has 0 bridgehead atoms. The molecule has 0 aliphatic carbocycles. The van der Waals surface area contributed by atoms with Crippen LogP contribution in [-0.4, -0.2) is 35.3 Å². The van der Waals surface area contributed by atoms with Gasteiger partial charge in [-0.3, -0.25) is 0 Å². The van der Waals surface area contributed by atoms with Gasteiger partial charge in [0.05, 0.1) is 12.8 Å². The number of ether oxygens (including phenoxy) is 1. The van der Waals surface area contributed by atoms with Crippen molar-refractivity contribution in [3.8, 4) is 5.75 Å². The van der Waals surface area contributed by atoms with Crippen LogP contribution in [0.3, 0.4) is 0 Å². The molecule has 0 unspecified atom stereocenters. The predicted molar refractivity (Wildman–Crippen MR) is 80.3 cm³/mol.